The SMILES string of the molecule is Cc1cc(C)c(O)c(NS(=O)(=O)c2ccc(C#N)cc2)c1. The van der Waals surface area contributed by atoms with Gasteiger partial charge in [-0.3, -0.25) is 4.72 Å². The zero-order valence-corrected chi connectivity index (χ0v) is 12.4. The molecule has 0 saturated heterocycles. The van der Waals surface area contributed by atoms with E-state index in [1.165, 1.54) is 24.3 Å². The Hall–Kier alpha value is -2.52. The highest BCUT2D eigenvalue weighted by atomic mass is 32.2. The summed E-state index contributed by atoms with van der Waals surface area (Å²) in [6.07, 6.45) is 0. The van der Waals surface area contributed by atoms with Gasteiger partial charge in [0.25, 0.3) is 10.0 Å². The van der Waals surface area contributed by atoms with Crippen LogP contribution in [0.1, 0.15) is 16.7 Å². The monoisotopic (exact) mass is 302 g/mol. The first-order chi connectivity index (χ1) is 9.83. The van der Waals surface area contributed by atoms with Crippen molar-refractivity contribution in [3.05, 3.63) is 53.1 Å². The Morgan fingerprint density at radius 3 is 2.33 bits per heavy atom. The number of phenolic OH excluding ortho intramolecular Hbond substituents is 1. The van der Waals surface area contributed by atoms with Crippen LogP contribution in [0.5, 0.6) is 5.75 Å². The number of nitrogens with zero attached hydrogens (tertiary/aromatic N) is 1. The van der Waals surface area contributed by atoms with Crippen molar-refractivity contribution in [3.8, 4) is 11.8 Å². The maximum absolute atomic E-state index is 12.3. The van der Waals surface area contributed by atoms with E-state index in [0.717, 1.165) is 5.56 Å². The Morgan fingerprint density at radius 1 is 1.14 bits per heavy atom. The molecule has 2 N–H and O–H groups in total. The molecule has 21 heavy (non-hydrogen) atoms. The summed E-state index contributed by atoms with van der Waals surface area (Å²) in [6, 6.07) is 10.8. The minimum Gasteiger partial charge on any atom is -0.505 e. The largest absolute Gasteiger partial charge is 0.505 e. The van der Waals surface area contributed by atoms with Crippen molar-refractivity contribution in [1.29, 1.82) is 5.26 Å². The molecule has 0 spiro atoms. The third-order valence-corrected chi connectivity index (χ3v) is 4.36. The summed E-state index contributed by atoms with van der Waals surface area (Å²) in [7, 11) is -3.81. The van der Waals surface area contributed by atoms with Crippen LogP contribution < -0.4 is 4.72 Å². The van der Waals surface area contributed by atoms with Crippen molar-refractivity contribution in [2.75, 3.05) is 4.72 Å². The van der Waals surface area contributed by atoms with Gasteiger partial charge in [0.15, 0.2) is 0 Å². The number of anilines is 1. The first-order valence-corrected chi connectivity index (χ1v) is 7.65. The number of rotatable bonds is 3. The van der Waals surface area contributed by atoms with E-state index in [1.807, 2.05) is 13.0 Å². The number of hydrogen-bond acceptors (Lipinski definition) is 4. The van der Waals surface area contributed by atoms with Gasteiger partial charge in [0.1, 0.15) is 5.75 Å². The van der Waals surface area contributed by atoms with Gasteiger partial charge in [-0.05, 0) is 55.3 Å². The van der Waals surface area contributed by atoms with Gasteiger partial charge in [-0.25, -0.2) is 8.42 Å². The molecule has 0 saturated carbocycles. The molecule has 2 rings (SSSR count). The quantitative estimate of drug-likeness (QED) is 0.853. The van der Waals surface area contributed by atoms with Crippen molar-refractivity contribution in [2.24, 2.45) is 0 Å². The lowest BCUT2D eigenvalue weighted by Crippen LogP contribution is -2.13. The van der Waals surface area contributed by atoms with Crippen LogP contribution in [0.25, 0.3) is 0 Å². The normalized spacial score (nSPS) is 10.9. The highest BCUT2D eigenvalue weighted by molar-refractivity contribution is 7.92. The van der Waals surface area contributed by atoms with E-state index >= 15 is 0 Å². The first-order valence-electron chi connectivity index (χ1n) is 6.16. The summed E-state index contributed by atoms with van der Waals surface area (Å²) in [5.74, 6) is -0.0992. The molecule has 0 fully saturated rings. The fourth-order valence-corrected chi connectivity index (χ4v) is 3.01. The van der Waals surface area contributed by atoms with Crippen LogP contribution in [-0.2, 0) is 10.0 Å². The van der Waals surface area contributed by atoms with Crippen molar-refractivity contribution < 1.29 is 13.5 Å². The van der Waals surface area contributed by atoms with Gasteiger partial charge in [0.05, 0.1) is 22.2 Å². The highest BCUT2D eigenvalue weighted by Crippen LogP contribution is 2.30. The maximum Gasteiger partial charge on any atom is 0.262 e. The zero-order chi connectivity index (χ0) is 15.6. The standard InChI is InChI=1S/C15H14N2O3S/c1-10-7-11(2)15(18)14(8-10)17-21(19,20)13-5-3-12(9-16)4-6-13/h3-8,17-18H,1-2H3. The number of aryl methyl sites for hydroxylation is 2. The van der Waals surface area contributed by atoms with E-state index in [9.17, 15) is 13.5 Å². The van der Waals surface area contributed by atoms with Crippen molar-refractivity contribution in [2.45, 2.75) is 18.7 Å². The van der Waals surface area contributed by atoms with Crippen LogP contribution >= 0.6 is 0 Å². The van der Waals surface area contributed by atoms with Crippen molar-refractivity contribution in [3.63, 3.8) is 0 Å². The molecular formula is C15H14N2O3S. The lowest BCUT2D eigenvalue weighted by Gasteiger charge is -2.12. The molecule has 0 aliphatic carbocycles. The summed E-state index contributed by atoms with van der Waals surface area (Å²) in [4.78, 5) is 0.0278. The highest BCUT2D eigenvalue weighted by Gasteiger charge is 2.17. The summed E-state index contributed by atoms with van der Waals surface area (Å²) >= 11 is 0. The second-order valence-corrected chi connectivity index (χ2v) is 6.40. The van der Waals surface area contributed by atoms with E-state index in [2.05, 4.69) is 4.72 Å². The van der Waals surface area contributed by atoms with Crippen LogP contribution in [-0.4, -0.2) is 13.5 Å². The topological polar surface area (TPSA) is 90.2 Å². The molecule has 2 aromatic carbocycles. The molecule has 108 valence electrons. The number of nitriles is 1. The number of hydrogen-bond donors (Lipinski definition) is 2. The lowest BCUT2D eigenvalue weighted by atomic mass is 10.1. The molecule has 0 aromatic heterocycles. The summed E-state index contributed by atoms with van der Waals surface area (Å²) in [5, 5.41) is 18.7. The smallest absolute Gasteiger partial charge is 0.262 e. The van der Waals surface area contributed by atoms with Gasteiger partial charge in [-0.2, -0.15) is 5.26 Å². The van der Waals surface area contributed by atoms with Crippen LogP contribution in [0, 0.1) is 25.2 Å². The fraction of sp³-hybridized carbons (Fsp3) is 0.133. The van der Waals surface area contributed by atoms with Crippen molar-refractivity contribution in [1.82, 2.24) is 0 Å². The number of phenols is 1. The number of nitrogens with one attached hydrogen (secondary N) is 1. The summed E-state index contributed by atoms with van der Waals surface area (Å²) in [5.41, 5.74) is 1.94. The Kier molecular flexibility index (Phi) is 3.87. The second-order valence-electron chi connectivity index (χ2n) is 4.72. The minimum absolute atomic E-state index is 0.0278. The predicted octanol–water partition coefficient (Wildman–Crippen LogP) is 2.68. The van der Waals surface area contributed by atoms with Crippen molar-refractivity contribution >= 4 is 15.7 Å². The third kappa shape index (κ3) is 3.15. The molecule has 5 nitrogen and oxygen atoms in total. The molecule has 0 radical (unpaired) electrons. The van der Waals surface area contributed by atoms with E-state index in [4.69, 9.17) is 5.26 Å². The van der Waals surface area contributed by atoms with Gasteiger partial charge in [0, 0.05) is 0 Å². The summed E-state index contributed by atoms with van der Waals surface area (Å²) in [6.45, 7) is 3.51. The summed E-state index contributed by atoms with van der Waals surface area (Å²) < 4.78 is 26.9. The van der Waals surface area contributed by atoms with E-state index < -0.39 is 10.0 Å². The minimum atomic E-state index is -3.81. The van der Waals surface area contributed by atoms with Gasteiger partial charge in [0.2, 0.25) is 0 Å². The number of aromatic hydroxyl groups is 1. The first kappa shape index (κ1) is 14.9. The molecule has 0 aliphatic rings. The van der Waals surface area contributed by atoms with Gasteiger partial charge in [-0.1, -0.05) is 6.07 Å². The van der Waals surface area contributed by atoms with Crippen LogP contribution in [0.3, 0.4) is 0 Å². The number of benzene rings is 2. The molecule has 0 heterocycles. The molecule has 6 heteroatoms. The van der Waals surface area contributed by atoms with Gasteiger partial charge >= 0.3 is 0 Å². The molecule has 0 bridgehead atoms. The molecule has 0 atom stereocenters. The molecule has 0 aliphatic heterocycles. The van der Waals surface area contributed by atoms with Crippen LogP contribution in [0.2, 0.25) is 0 Å². The number of sulfonamides is 1. The Bertz CT molecular complexity index is 819. The molecule has 2 aromatic rings. The lowest BCUT2D eigenvalue weighted by molar-refractivity contribution is 0.473. The Morgan fingerprint density at radius 2 is 1.76 bits per heavy atom. The fourth-order valence-electron chi connectivity index (χ4n) is 1.95. The molecule has 0 amide bonds. The second kappa shape index (κ2) is 5.46. The average molecular weight is 302 g/mol. The van der Waals surface area contributed by atoms with Crippen LogP contribution in [0.4, 0.5) is 5.69 Å². The molecular weight excluding hydrogens is 288 g/mol. The van der Waals surface area contributed by atoms with E-state index in [0.29, 0.717) is 11.1 Å². The average Bonchev–Trinajstić information content (AvgIpc) is 2.44. The molecule has 0 unspecified atom stereocenters. The predicted molar refractivity (Wildman–Crippen MR) is 79.5 cm³/mol. The van der Waals surface area contributed by atoms with Gasteiger partial charge in [-0.15, -0.1) is 0 Å². The maximum atomic E-state index is 12.3. The Balaban J connectivity index is 2.40. The third-order valence-electron chi connectivity index (χ3n) is 2.98. The van der Waals surface area contributed by atoms with Gasteiger partial charge < -0.3 is 5.11 Å². The zero-order valence-electron chi connectivity index (χ0n) is 11.6. The van der Waals surface area contributed by atoms with Crippen LogP contribution in [0.15, 0.2) is 41.3 Å². The van der Waals surface area contributed by atoms with E-state index in [-0.39, 0.29) is 16.3 Å². The Labute approximate surface area is 123 Å². The van der Waals surface area contributed by atoms with E-state index in [1.54, 1.807) is 19.1 Å².